The number of ether oxygens (including phenoxy) is 1. The summed E-state index contributed by atoms with van der Waals surface area (Å²) in [6, 6.07) is 7.63. The third-order valence-corrected chi connectivity index (χ3v) is 4.28. The smallest absolute Gasteiger partial charge is 0.225 e. The van der Waals surface area contributed by atoms with Crippen LogP contribution in [0.1, 0.15) is 37.0 Å². The first-order valence-corrected chi connectivity index (χ1v) is 8.23. The molecule has 1 aliphatic heterocycles. The van der Waals surface area contributed by atoms with Gasteiger partial charge in [0.25, 0.3) is 0 Å². The molecule has 128 valence electrons. The summed E-state index contributed by atoms with van der Waals surface area (Å²) in [5.74, 6) is 2.30. The van der Waals surface area contributed by atoms with Crippen molar-refractivity contribution < 1.29 is 9.53 Å². The van der Waals surface area contributed by atoms with Crippen molar-refractivity contribution in [3.63, 3.8) is 0 Å². The molecule has 1 atom stereocenters. The fourth-order valence-corrected chi connectivity index (χ4v) is 3.10. The van der Waals surface area contributed by atoms with E-state index in [0.29, 0.717) is 24.4 Å². The molecule has 1 aromatic carbocycles. The number of hydrogen-bond donors (Lipinski definition) is 2. The largest absolute Gasteiger partial charge is 0.495 e. The fourth-order valence-electron chi connectivity index (χ4n) is 3.10. The summed E-state index contributed by atoms with van der Waals surface area (Å²) in [6.45, 7) is 3.57. The van der Waals surface area contributed by atoms with E-state index in [1.807, 2.05) is 31.2 Å². The van der Waals surface area contributed by atoms with Crippen molar-refractivity contribution in [2.24, 2.45) is 0 Å². The molecule has 0 saturated carbocycles. The summed E-state index contributed by atoms with van der Waals surface area (Å²) in [5.41, 5.74) is 0.701. The van der Waals surface area contributed by atoms with Crippen LogP contribution in [-0.2, 0) is 4.79 Å². The van der Waals surface area contributed by atoms with Gasteiger partial charge in [0, 0.05) is 13.0 Å². The Hall–Kier alpha value is -2.41. The maximum atomic E-state index is 12.3. The number of aromatic amines is 1. The van der Waals surface area contributed by atoms with Gasteiger partial charge in [-0.1, -0.05) is 12.1 Å². The Kier molecular flexibility index (Phi) is 5.10. The topological polar surface area (TPSA) is 83.1 Å². The quantitative estimate of drug-likeness (QED) is 0.849. The molecule has 1 saturated heterocycles. The van der Waals surface area contributed by atoms with E-state index in [9.17, 15) is 4.79 Å². The van der Waals surface area contributed by atoms with E-state index in [1.54, 1.807) is 7.11 Å². The number of likely N-dealkylation sites (tertiary alicyclic amines) is 1. The van der Waals surface area contributed by atoms with Crippen molar-refractivity contribution in [1.82, 2.24) is 20.1 Å². The third-order valence-electron chi connectivity index (χ3n) is 4.28. The van der Waals surface area contributed by atoms with Gasteiger partial charge in [-0.2, -0.15) is 5.10 Å². The Morgan fingerprint density at radius 1 is 1.46 bits per heavy atom. The lowest BCUT2D eigenvalue weighted by Crippen LogP contribution is -2.28. The molecule has 0 radical (unpaired) electrons. The predicted octanol–water partition coefficient (Wildman–Crippen LogP) is 2.29. The lowest BCUT2D eigenvalue weighted by atomic mass is 10.2. The minimum Gasteiger partial charge on any atom is -0.495 e. The molecule has 1 aliphatic rings. The highest BCUT2D eigenvalue weighted by atomic mass is 16.5. The molecule has 0 unspecified atom stereocenters. The molecular weight excluding hydrogens is 306 g/mol. The highest BCUT2D eigenvalue weighted by molar-refractivity contribution is 5.92. The molecule has 0 aliphatic carbocycles. The summed E-state index contributed by atoms with van der Waals surface area (Å²) in [5, 5.41) is 10.1. The first-order chi connectivity index (χ1) is 11.7. The van der Waals surface area contributed by atoms with E-state index >= 15 is 0 Å². The number of nitrogens with one attached hydrogen (secondary N) is 2. The highest BCUT2D eigenvalue weighted by Gasteiger charge is 2.29. The van der Waals surface area contributed by atoms with E-state index in [2.05, 4.69) is 25.4 Å². The molecule has 24 heavy (non-hydrogen) atoms. The maximum absolute atomic E-state index is 12.3. The van der Waals surface area contributed by atoms with Gasteiger partial charge in [-0.3, -0.25) is 14.8 Å². The summed E-state index contributed by atoms with van der Waals surface area (Å²) in [4.78, 5) is 19.0. The van der Waals surface area contributed by atoms with Crippen molar-refractivity contribution in [3.8, 4) is 5.75 Å². The second-order valence-electron chi connectivity index (χ2n) is 5.97. The van der Waals surface area contributed by atoms with E-state index in [4.69, 9.17) is 4.74 Å². The van der Waals surface area contributed by atoms with Gasteiger partial charge in [-0.15, -0.1) is 0 Å². The number of rotatable bonds is 6. The Morgan fingerprint density at radius 3 is 3.04 bits per heavy atom. The number of carbonyl (C=O) groups is 1. The number of H-pyrrole nitrogens is 1. The molecular formula is C17H23N5O2. The fraction of sp³-hybridized carbons (Fsp3) is 0.471. The van der Waals surface area contributed by atoms with Crippen molar-refractivity contribution in [2.45, 2.75) is 32.2 Å². The molecule has 2 aromatic rings. The minimum absolute atomic E-state index is 0.0173. The zero-order chi connectivity index (χ0) is 16.9. The normalized spacial score (nSPS) is 17.8. The molecule has 3 rings (SSSR count). The molecule has 2 N–H and O–H groups in total. The van der Waals surface area contributed by atoms with Crippen molar-refractivity contribution in [2.75, 3.05) is 25.5 Å². The number of para-hydroxylation sites is 2. The van der Waals surface area contributed by atoms with Gasteiger partial charge >= 0.3 is 0 Å². The second-order valence-corrected chi connectivity index (χ2v) is 5.97. The molecule has 1 fully saturated rings. The van der Waals surface area contributed by atoms with Crippen LogP contribution in [0.3, 0.4) is 0 Å². The average Bonchev–Trinajstić information content (AvgIpc) is 3.22. The highest BCUT2D eigenvalue weighted by Crippen LogP contribution is 2.30. The first kappa shape index (κ1) is 16.4. The van der Waals surface area contributed by atoms with Gasteiger partial charge in [-0.25, -0.2) is 4.98 Å². The van der Waals surface area contributed by atoms with Crippen LogP contribution in [0.2, 0.25) is 0 Å². The molecule has 7 heteroatoms. The van der Waals surface area contributed by atoms with Gasteiger partial charge in [0.05, 0.1) is 18.8 Å². The molecule has 1 amide bonds. The van der Waals surface area contributed by atoms with Crippen LogP contribution in [0.25, 0.3) is 0 Å². The number of hydrogen-bond acceptors (Lipinski definition) is 5. The number of nitrogens with zero attached hydrogens (tertiary/aromatic N) is 3. The molecule has 7 nitrogen and oxygen atoms in total. The Labute approximate surface area is 141 Å². The molecule has 0 bridgehead atoms. The van der Waals surface area contributed by atoms with Gasteiger partial charge in [0.1, 0.15) is 11.6 Å². The SMILES string of the molecule is COc1ccccc1NC(=O)CCN1CCC[C@H]1c1n[nH]c(C)n1. The lowest BCUT2D eigenvalue weighted by molar-refractivity contribution is -0.116. The standard InChI is InChI=1S/C17H23N5O2/c1-12-18-17(21-20-12)14-7-5-10-22(14)11-9-16(23)19-13-6-3-4-8-15(13)24-2/h3-4,6,8,14H,5,7,9-11H2,1-2H3,(H,19,23)(H,18,20,21)/t14-/m0/s1. The summed E-state index contributed by atoms with van der Waals surface area (Å²) < 4.78 is 5.26. The van der Waals surface area contributed by atoms with Gasteiger partial charge in [0.15, 0.2) is 5.82 Å². The Morgan fingerprint density at radius 2 is 2.29 bits per heavy atom. The van der Waals surface area contributed by atoms with Gasteiger partial charge in [-0.05, 0) is 38.4 Å². The van der Waals surface area contributed by atoms with Crippen LogP contribution < -0.4 is 10.1 Å². The Balaban J connectivity index is 1.56. The van der Waals surface area contributed by atoms with Crippen molar-refractivity contribution in [3.05, 3.63) is 35.9 Å². The van der Waals surface area contributed by atoms with Gasteiger partial charge < -0.3 is 10.1 Å². The van der Waals surface area contributed by atoms with Crippen LogP contribution in [0.15, 0.2) is 24.3 Å². The monoisotopic (exact) mass is 329 g/mol. The summed E-state index contributed by atoms with van der Waals surface area (Å²) in [6.07, 6.45) is 2.57. The van der Waals surface area contributed by atoms with Crippen LogP contribution in [-0.4, -0.2) is 46.2 Å². The van der Waals surface area contributed by atoms with Crippen LogP contribution in [0, 0.1) is 6.92 Å². The number of aromatic nitrogens is 3. The number of aryl methyl sites for hydroxylation is 1. The summed E-state index contributed by atoms with van der Waals surface area (Å²) in [7, 11) is 1.60. The van der Waals surface area contributed by atoms with E-state index in [1.165, 1.54) is 0 Å². The molecule has 2 heterocycles. The maximum Gasteiger partial charge on any atom is 0.225 e. The van der Waals surface area contributed by atoms with E-state index in [-0.39, 0.29) is 11.9 Å². The minimum atomic E-state index is -0.0173. The van der Waals surface area contributed by atoms with Crippen LogP contribution >= 0.6 is 0 Å². The van der Waals surface area contributed by atoms with Crippen molar-refractivity contribution >= 4 is 11.6 Å². The average molecular weight is 329 g/mol. The second kappa shape index (κ2) is 7.44. The van der Waals surface area contributed by atoms with E-state index in [0.717, 1.165) is 31.0 Å². The first-order valence-electron chi connectivity index (χ1n) is 8.23. The zero-order valence-corrected chi connectivity index (χ0v) is 14.1. The van der Waals surface area contributed by atoms with Crippen LogP contribution in [0.4, 0.5) is 5.69 Å². The lowest BCUT2D eigenvalue weighted by Gasteiger charge is -2.21. The van der Waals surface area contributed by atoms with Gasteiger partial charge in [0.2, 0.25) is 5.91 Å². The predicted molar refractivity (Wildman–Crippen MR) is 90.9 cm³/mol. The number of anilines is 1. The number of amides is 1. The molecule has 1 aromatic heterocycles. The number of benzene rings is 1. The Bertz CT molecular complexity index is 700. The van der Waals surface area contributed by atoms with Crippen molar-refractivity contribution in [1.29, 1.82) is 0 Å². The molecule has 0 spiro atoms. The van der Waals surface area contributed by atoms with Crippen LogP contribution in [0.5, 0.6) is 5.75 Å². The third kappa shape index (κ3) is 3.73. The van der Waals surface area contributed by atoms with E-state index < -0.39 is 0 Å². The zero-order valence-electron chi connectivity index (χ0n) is 14.1. The number of methoxy groups -OCH3 is 1. The summed E-state index contributed by atoms with van der Waals surface area (Å²) >= 11 is 0. The number of carbonyl (C=O) groups excluding carboxylic acids is 1.